The summed E-state index contributed by atoms with van der Waals surface area (Å²) in [5.74, 6) is 2.81. The van der Waals surface area contributed by atoms with Gasteiger partial charge in [0, 0.05) is 12.3 Å². The number of aromatic nitrogens is 3. The number of aryl methyl sites for hydroxylation is 1. The van der Waals surface area contributed by atoms with Crippen LogP contribution in [0.1, 0.15) is 38.9 Å². The largest absolute Gasteiger partial charge is 0.322 e. The maximum absolute atomic E-state index is 6.14. The van der Waals surface area contributed by atoms with Gasteiger partial charge in [-0.05, 0) is 18.1 Å². The Morgan fingerprint density at radius 3 is 2.81 bits per heavy atom. The van der Waals surface area contributed by atoms with Gasteiger partial charge in [-0.3, -0.25) is 0 Å². The van der Waals surface area contributed by atoms with Gasteiger partial charge in [0.1, 0.15) is 0 Å². The van der Waals surface area contributed by atoms with E-state index in [1.165, 1.54) is 0 Å². The molecule has 16 heavy (non-hydrogen) atoms. The molecule has 1 aromatic heterocycles. The van der Waals surface area contributed by atoms with Crippen LogP contribution in [0.15, 0.2) is 6.20 Å². The van der Waals surface area contributed by atoms with Gasteiger partial charge in [0.25, 0.3) is 0 Å². The Morgan fingerprint density at radius 1 is 1.44 bits per heavy atom. The average molecular weight is 242 g/mol. The first kappa shape index (κ1) is 13.5. The minimum atomic E-state index is 0.0466. The molecular formula is C11H22N4S. The highest BCUT2D eigenvalue weighted by molar-refractivity contribution is 7.99. The van der Waals surface area contributed by atoms with Gasteiger partial charge in [-0.25, -0.2) is 4.68 Å². The molecule has 1 rings (SSSR count). The normalized spacial score (nSPS) is 13.3. The molecule has 0 bridgehead atoms. The summed E-state index contributed by atoms with van der Waals surface area (Å²) in [5, 5.41) is 7.98. The molecule has 0 saturated heterocycles. The van der Waals surface area contributed by atoms with Crippen LogP contribution >= 0.6 is 11.8 Å². The topological polar surface area (TPSA) is 56.7 Å². The lowest BCUT2D eigenvalue weighted by atomic mass is 10.2. The van der Waals surface area contributed by atoms with Crippen LogP contribution in [0.5, 0.6) is 0 Å². The fourth-order valence-corrected chi connectivity index (χ4v) is 2.49. The highest BCUT2D eigenvalue weighted by Gasteiger charge is 2.12. The van der Waals surface area contributed by atoms with Crippen LogP contribution < -0.4 is 5.73 Å². The monoisotopic (exact) mass is 242 g/mol. The molecule has 0 radical (unpaired) electrons. The molecule has 92 valence electrons. The van der Waals surface area contributed by atoms with E-state index >= 15 is 0 Å². The Labute approximate surface area is 102 Å². The maximum Gasteiger partial charge on any atom is 0.0762 e. The molecule has 0 saturated carbocycles. The van der Waals surface area contributed by atoms with E-state index in [2.05, 4.69) is 31.1 Å². The lowest BCUT2D eigenvalue weighted by molar-refractivity contribution is 0.539. The fourth-order valence-electron chi connectivity index (χ4n) is 1.45. The van der Waals surface area contributed by atoms with Gasteiger partial charge < -0.3 is 5.73 Å². The molecular weight excluding hydrogens is 220 g/mol. The van der Waals surface area contributed by atoms with E-state index in [1.807, 2.05) is 16.4 Å². The van der Waals surface area contributed by atoms with Crippen molar-refractivity contribution in [1.29, 1.82) is 0 Å². The molecule has 0 spiro atoms. The summed E-state index contributed by atoms with van der Waals surface area (Å²) in [6, 6.07) is 0.0466. The van der Waals surface area contributed by atoms with Gasteiger partial charge in [0.2, 0.25) is 0 Å². The van der Waals surface area contributed by atoms with Gasteiger partial charge >= 0.3 is 0 Å². The van der Waals surface area contributed by atoms with Crippen molar-refractivity contribution in [3.8, 4) is 0 Å². The molecule has 0 aliphatic rings. The minimum Gasteiger partial charge on any atom is -0.322 e. The molecule has 4 nitrogen and oxygen atoms in total. The van der Waals surface area contributed by atoms with Crippen molar-refractivity contribution in [2.45, 2.75) is 39.8 Å². The quantitative estimate of drug-likeness (QED) is 0.795. The molecule has 1 heterocycles. The number of nitrogens with zero attached hydrogens (tertiary/aromatic N) is 3. The number of thioether (sulfide) groups is 1. The number of hydrogen-bond donors (Lipinski definition) is 1. The van der Waals surface area contributed by atoms with E-state index in [0.29, 0.717) is 0 Å². The van der Waals surface area contributed by atoms with Crippen molar-refractivity contribution < 1.29 is 0 Å². The van der Waals surface area contributed by atoms with Crippen molar-refractivity contribution >= 4 is 11.8 Å². The second-order valence-corrected chi connectivity index (χ2v) is 5.49. The summed E-state index contributed by atoms with van der Waals surface area (Å²) in [7, 11) is 0. The van der Waals surface area contributed by atoms with Crippen LogP contribution in [0.2, 0.25) is 0 Å². The van der Waals surface area contributed by atoms with Crippen molar-refractivity contribution in [2.24, 2.45) is 11.7 Å². The van der Waals surface area contributed by atoms with E-state index in [4.69, 9.17) is 5.73 Å². The zero-order valence-electron chi connectivity index (χ0n) is 10.4. The summed E-state index contributed by atoms with van der Waals surface area (Å²) in [6.07, 6.45) is 2.85. The van der Waals surface area contributed by atoms with Crippen LogP contribution in [0.3, 0.4) is 0 Å². The van der Waals surface area contributed by atoms with Crippen LogP contribution in [0.4, 0.5) is 0 Å². The second kappa shape index (κ2) is 6.91. The molecule has 0 fully saturated rings. The van der Waals surface area contributed by atoms with E-state index in [-0.39, 0.29) is 6.04 Å². The Hall–Kier alpha value is -0.550. The maximum atomic E-state index is 6.14. The van der Waals surface area contributed by atoms with Crippen LogP contribution in [-0.2, 0) is 6.54 Å². The first-order valence-electron chi connectivity index (χ1n) is 5.86. The number of hydrogen-bond acceptors (Lipinski definition) is 4. The summed E-state index contributed by atoms with van der Waals surface area (Å²) in [6.45, 7) is 7.48. The SMILES string of the molecule is CCCn1nncc1C(N)CSCC(C)C. The zero-order chi connectivity index (χ0) is 12.0. The Kier molecular flexibility index (Phi) is 5.84. The zero-order valence-corrected chi connectivity index (χ0v) is 11.2. The minimum absolute atomic E-state index is 0.0466. The Bertz CT molecular complexity index is 298. The van der Waals surface area contributed by atoms with Crippen LogP contribution in [0.25, 0.3) is 0 Å². The Morgan fingerprint density at radius 2 is 2.19 bits per heavy atom. The standard InChI is InChI=1S/C11H22N4S/c1-4-5-15-11(6-13-14-15)10(12)8-16-7-9(2)3/h6,9-10H,4-5,7-8,12H2,1-3H3. The van der Waals surface area contributed by atoms with Crippen molar-refractivity contribution in [3.05, 3.63) is 11.9 Å². The third-order valence-corrected chi connectivity index (χ3v) is 3.71. The number of rotatable bonds is 7. The van der Waals surface area contributed by atoms with E-state index < -0.39 is 0 Å². The molecule has 5 heteroatoms. The molecule has 0 aliphatic carbocycles. The van der Waals surface area contributed by atoms with Crippen molar-refractivity contribution in [3.63, 3.8) is 0 Å². The van der Waals surface area contributed by atoms with Gasteiger partial charge in [-0.1, -0.05) is 26.0 Å². The molecule has 0 aliphatic heterocycles. The lowest BCUT2D eigenvalue weighted by Crippen LogP contribution is -2.19. The molecule has 1 unspecified atom stereocenters. The molecule has 0 amide bonds. The van der Waals surface area contributed by atoms with E-state index in [9.17, 15) is 0 Å². The van der Waals surface area contributed by atoms with Crippen molar-refractivity contribution in [1.82, 2.24) is 15.0 Å². The first-order chi connectivity index (χ1) is 7.65. The summed E-state index contributed by atoms with van der Waals surface area (Å²) in [4.78, 5) is 0. The predicted octanol–water partition coefficient (Wildman–Crippen LogP) is 2.08. The molecule has 0 aromatic carbocycles. The van der Waals surface area contributed by atoms with E-state index in [1.54, 1.807) is 6.20 Å². The second-order valence-electron chi connectivity index (χ2n) is 4.42. The highest BCUT2D eigenvalue weighted by atomic mass is 32.2. The van der Waals surface area contributed by atoms with Gasteiger partial charge in [-0.2, -0.15) is 11.8 Å². The van der Waals surface area contributed by atoms with Gasteiger partial charge in [0.05, 0.1) is 17.9 Å². The van der Waals surface area contributed by atoms with Crippen LogP contribution in [0, 0.1) is 5.92 Å². The lowest BCUT2D eigenvalue weighted by Gasteiger charge is -2.13. The average Bonchev–Trinajstić information content (AvgIpc) is 2.66. The third-order valence-electron chi connectivity index (χ3n) is 2.21. The summed E-state index contributed by atoms with van der Waals surface area (Å²) >= 11 is 1.90. The van der Waals surface area contributed by atoms with Crippen LogP contribution in [-0.4, -0.2) is 26.5 Å². The first-order valence-corrected chi connectivity index (χ1v) is 7.02. The Balaban J connectivity index is 2.45. The predicted molar refractivity (Wildman–Crippen MR) is 69.4 cm³/mol. The summed E-state index contributed by atoms with van der Waals surface area (Å²) in [5.41, 5.74) is 7.19. The number of nitrogens with two attached hydrogens (primary N) is 1. The molecule has 1 atom stereocenters. The van der Waals surface area contributed by atoms with Crippen molar-refractivity contribution in [2.75, 3.05) is 11.5 Å². The third kappa shape index (κ3) is 4.14. The van der Waals surface area contributed by atoms with Gasteiger partial charge in [0.15, 0.2) is 0 Å². The molecule has 1 aromatic rings. The summed E-state index contributed by atoms with van der Waals surface area (Å²) < 4.78 is 1.92. The van der Waals surface area contributed by atoms with Gasteiger partial charge in [-0.15, -0.1) is 5.10 Å². The smallest absolute Gasteiger partial charge is 0.0762 e. The van der Waals surface area contributed by atoms with E-state index in [0.717, 1.165) is 36.1 Å². The highest BCUT2D eigenvalue weighted by Crippen LogP contribution is 2.17. The fraction of sp³-hybridized carbons (Fsp3) is 0.818. The molecule has 2 N–H and O–H groups in total.